The number of aromatic nitrogens is 2. The lowest BCUT2D eigenvalue weighted by atomic mass is 9.89. The van der Waals surface area contributed by atoms with E-state index < -0.39 is 0 Å². The van der Waals surface area contributed by atoms with E-state index in [0.717, 1.165) is 48.8 Å². The van der Waals surface area contributed by atoms with E-state index in [-0.39, 0.29) is 17.7 Å². The molecule has 0 bridgehead atoms. The van der Waals surface area contributed by atoms with Crippen molar-refractivity contribution in [3.8, 4) is 0 Å². The zero-order chi connectivity index (χ0) is 22.8. The fourth-order valence-corrected chi connectivity index (χ4v) is 5.65. The largest absolute Gasteiger partial charge is 0.342 e. The summed E-state index contributed by atoms with van der Waals surface area (Å²) in [6.45, 7) is 4.21. The minimum Gasteiger partial charge on any atom is -0.342 e. The van der Waals surface area contributed by atoms with Crippen LogP contribution in [0.15, 0.2) is 30.3 Å². The van der Waals surface area contributed by atoms with Crippen molar-refractivity contribution in [3.63, 3.8) is 0 Å². The van der Waals surface area contributed by atoms with Gasteiger partial charge in [-0.05, 0) is 44.1 Å². The molecule has 0 radical (unpaired) electrons. The van der Waals surface area contributed by atoms with Gasteiger partial charge in [0.05, 0.1) is 6.42 Å². The van der Waals surface area contributed by atoms with Crippen LogP contribution in [0.4, 0.5) is 5.82 Å². The van der Waals surface area contributed by atoms with Crippen LogP contribution in [0.25, 0.3) is 0 Å². The minimum absolute atomic E-state index is 0.141. The van der Waals surface area contributed by atoms with Gasteiger partial charge in [0.1, 0.15) is 11.6 Å². The molecule has 2 aromatic rings. The van der Waals surface area contributed by atoms with Crippen LogP contribution in [0, 0.1) is 12.8 Å². The zero-order valence-electron chi connectivity index (χ0n) is 19.6. The monoisotopic (exact) mass is 446 g/mol. The lowest BCUT2D eigenvalue weighted by Crippen LogP contribution is -2.33. The summed E-state index contributed by atoms with van der Waals surface area (Å²) >= 11 is 0. The Morgan fingerprint density at radius 3 is 2.64 bits per heavy atom. The molecule has 3 aliphatic rings. The summed E-state index contributed by atoms with van der Waals surface area (Å²) in [5.41, 5.74) is 3.11. The van der Waals surface area contributed by atoms with Gasteiger partial charge < -0.3 is 4.90 Å². The highest BCUT2D eigenvalue weighted by atomic mass is 16.2. The van der Waals surface area contributed by atoms with Gasteiger partial charge in [0.15, 0.2) is 0 Å². The number of likely N-dealkylation sites (tertiary alicyclic amines) is 1. The van der Waals surface area contributed by atoms with Crippen LogP contribution >= 0.6 is 0 Å². The van der Waals surface area contributed by atoms with Gasteiger partial charge in [-0.1, -0.05) is 49.6 Å². The van der Waals surface area contributed by atoms with Gasteiger partial charge in [-0.2, -0.15) is 0 Å². The Bertz CT molecular complexity index is 1020. The Morgan fingerprint density at radius 1 is 1.06 bits per heavy atom. The topological polar surface area (TPSA) is 66.4 Å². The van der Waals surface area contributed by atoms with E-state index in [1.165, 1.54) is 37.7 Å². The molecule has 1 atom stereocenters. The molecule has 3 heterocycles. The molecule has 1 aromatic carbocycles. The maximum Gasteiger partial charge on any atom is 0.232 e. The first-order valence-electron chi connectivity index (χ1n) is 12.6. The Labute approximate surface area is 196 Å². The van der Waals surface area contributed by atoms with Crippen LogP contribution in [0.1, 0.15) is 73.5 Å². The number of aryl methyl sites for hydroxylation is 2. The summed E-state index contributed by atoms with van der Waals surface area (Å²) in [7, 11) is 0. The smallest absolute Gasteiger partial charge is 0.232 e. The lowest BCUT2D eigenvalue weighted by molar-refractivity contribution is -0.130. The van der Waals surface area contributed by atoms with Gasteiger partial charge in [0, 0.05) is 43.2 Å². The van der Waals surface area contributed by atoms with E-state index in [1.54, 1.807) is 0 Å². The Morgan fingerprint density at radius 2 is 1.85 bits per heavy atom. The number of carbonyl (C=O) groups is 2. The summed E-state index contributed by atoms with van der Waals surface area (Å²) in [5.74, 6) is 2.72. The van der Waals surface area contributed by atoms with Crippen LogP contribution in [-0.4, -0.2) is 46.3 Å². The van der Waals surface area contributed by atoms with E-state index in [2.05, 4.69) is 12.1 Å². The summed E-state index contributed by atoms with van der Waals surface area (Å²) in [6, 6.07) is 10.2. The third-order valence-electron chi connectivity index (χ3n) is 7.64. The maximum absolute atomic E-state index is 12.8. The number of hydrogen-bond acceptors (Lipinski definition) is 4. The van der Waals surface area contributed by atoms with Crippen molar-refractivity contribution in [2.24, 2.45) is 5.92 Å². The van der Waals surface area contributed by atoms with Crippen LogP contribution in [0.2, 0.25) is 0 Å². The van der Waals surface area contributed by atoms with Gasteiger partial charge >= 0.3 is 0 Å². The molecule has 174 valence electrons. The van der Waals surface area contributed by atoms with Crippen molar-refractivity contribution >= 4 is 17.6 Å². The second-order valence-electron chi connectivity index (χ2n) is 9.97. The molecule has 0 N–H and O–H groups in total. The number of carbonyl (C=O) groups excluding carboxylic acids is 2. The molecular weight excluding hydrogens is 412 g/mol. The molecule has 2 fully saturated rings. The van der Waals surface area contributed by atoms with Gasteiger partial charge in [-0.3, -0.25) is 14.5 Å². The standard InChI is InChI=1S/C27H34N4O2/c1-19-23-16-25(33)31(17-21-10-6-3-7-11-21)27(23)29-26(28-19)22-14-15-30(18-22)24(32)13-12-20-8-4-2-5-9-20/h2,4-5,8-9,21-22H,3,6-7,10-18H2,1H3/t22-/m0/s1. The molecule has 6 heteroatoms. The highest BCUT2D eigenvalue weighted by Crippen LogP contribution is 2.35. The maximum atomic E-state index is 12.8. The van der Waals surface area contributed by atoms with Gasteiger partial charge in [-0.25, -0.2) is 9.97 Å². The molecule has 1 saturated heterocycles. The molecule has 1 saturated carbocycles. The minimum atomic E-state index is 0.141. The molecule has 0 unspecified atom stereocenters. The van der Waals surface area contributed by atoms with E-state index in [1.807, 2.05) is 34.9 Å². The SMILES string of the molecule is Cc1nc([C@H]2CCN(C(=O)CCc3ccccc3)C2)nc2c1CC(=O)N2CC1CCCCC1. The predicted molar refractivity (Wildman–Crippen MR) is 128 cm³/mol. The molecule has 5 rings (SSSR count). The second kappa shape index (κ2) is 9.62. The fraction of sp³-hybridized carbons (Fsp3) is 0.556. The van der Waals surface area contributed by atoms with Crippen LogP contribution in [0.5, 0.6) is 0 Å². The molecule has 1 aliphatic carbocycles. The summed E-state index contributed by atoms with van der Waals surface area (Å²) in [6.07, 6.45) is 8.87. The van der Waals surface area contributed by atoms with Crippen molar-refractivity contribution < 1.29 is 9.59 Å². The number of benzene rings is 1. The van der Waals surface area contributed by atoms with Crippen molar-refractivity contribution in [1.82, 2.24) is 14.9 Å². The van der Waals surface area contributed by atoms with Crippen molar-refractivity contribution in [3.05, 3.63) is 53.0 Å². The fourth-order valence-electron chi connectivity index (χ4n) is 5.65. The van der Waals surface area contributed by atoms with Crippen LogP contribution in [-0.2, 0) is 22.4 Å². The summed E-state index contributed by atoms with van der Waals surface area (Å²) in [5, 5.41) is 0. The summed E-state index contributed by atoms with van der Waals surface area (Å²) < 4.78 is 0. The summed E-state index contributed by atoms with van der Waals surface area (Å²) in [4.78, 5) is 39.3. The van der Waals surface area contributed by atoms with Crippen LogP contribution < -0.4 is 4.90 Å². The number of amides is 2. The van der Waals surface area contributed by atoms with Crippen molar-refractivity contribution in [2.75, 3.05) is 24.5 Å². The van der Waals surface area contributed by atoms with Gasteiger partial charge in [0.25, 0.3) is 0 Å². The average Bonchev–Trinajstić information content (AvgIpc) is 3.45. The van der Waals surface area contributed by atoms with E-state index in [9.17, 15) is 9.59 Å². The Hall–Kier alpha value is -2.76. The van der Waals surface area contributed by atoms with E-state index in [4.69, 9.17) is 9.97 Å². The molecule has 0 spiro atoms. The zero-order valence-corrected chi connectivity index (χ0v) is 19.6. The van der Waals surface area contributed by atoms with Crippen molar-refractivity contribution in [2.45, 2.75) is 70.6 Å². The molecule has 2 aliphatic heterocycles. The number of anilines is 1. The first kappa shape index (κ1) is 22.1. The first-order valence-corrected chi connectivity index (χ1v) is 12.6. The molecule has 2 amide bonds. The van der Waals surface area contributed by atoms with E-state index >= 15 is 0 Å². The Balaban J connectivity index is 1.26. The third kappa shape index (κ3) is 4.80. The number of rotatable bonds is 6. The normalized spacial score (nSPS) is 21.0. The van der Waals surface area contributed by atoms with E-state index in [0.29, 0.717) is 25.3 Å². The van der Waals surface area contributed by atoms with Crippen LogP contribution in [0.3, 0.4) is 0 Å². The highest BCUT2D eigenvalue weighted by molar-refractivity contribution is 6.00. The predicted octanol–water partition coefficient (Wildman–Crippen LogP) is 4.20. The molecular formula is C27H34N4O2. The number of fused-ring (bicyclic) bond motifs is 1. The second-order valence-corrected chi connectivity index (χ2v) is 9.97. The molecule has 1 aromatic heterocycles. The van der Waals surface area contributed by atoms with Crippen molar-refractivity contribution in [1.29, 1.82) is 0 Å². The van der Waals surface area contributed by atoms with Gasteiger partial charge in [0.2, 0.25) is 11.8 Å². The first-order chi connectivity index (χ1) is 16.1. The highest BCUT2D eigenvalue weighted by Gasteiger charge is 2.35. The number of nitrogens with zero attached hydrogens (tertiary/aromatic N) is 4. The molecule has 6 nitrogen and oxygen atoms in total. The number of hydrogen-bond donors (Lipinski definition) is 0. The Kier molecular flexibility index (Phi) is 6.43. The third-order valence-corrected chi connectivity index (χ3v) is 7.64. The molecule has 33 heavy (non-hydrogen) atoms. The lowest BCUT2D eigenvalue weighted by Gasteiger charge is -2.27. The van der Waals surface area contributed by atoms with Gasteiger partial charge in [-0.15, -0.1) is 0 Å². The quantitative estimate of drug-likeness (QED) is 0.667. The average molecular weight is 447 g/mol.